The van der Waals surface area contributed by atoms with Crippen molar-refractivity contribution in [2.24, 2.45) is 0 Å². The van der Waals surface area contributed by atoms with Gasteiger partial charge in [0, 0.05) is 29.3 Å². The average molecular weight is 395 g/mol. The molecule has 0 spiro atoms. The van der Waals surface area contributed by atoms with Crippen molar-refractivity contribution in [1.82, 2.24) is 4.90 Å². The van der Waals surface area contributed by atoms with E-state index in [-0.39, 0.29) is 11.5 Å². The van der Waals surface area contributed by atoms with Crippen LogP contribution >= 0.6 is 0 Å². The topological polar surface area (TPSA) is 57.2 Å². The lowest BCUT2D eigenvalue weighted by atomic mass is 9.99. The van der Waals surface area contributed by atoms with E-state index in [2.05, 4.69) is 18.7 Å². The van der Waals surface area contributed by atoms with E-state index in [1.54, 1.807) is 20.3 Å². The minimum atomic E-state index is -0.141. The smallest absolute Gasteiger partial charge is 0.231 e. The second-order valence-electron chi connectivity index (χ2n) is 7.50. The van der Waals surface area contributed by atoms with Crippen LogP contribution in [0, 0.1) is 6.92 Å². The number of ether oxygens (including phenoxy) is 4. The Labute approximate surface area is 170 Å². The van der Waals surface area contributed by atoms with Gasteiger partial charge in [-0.2, -0.15) is 0 Å². The van der Waals surface area contributed by atoms with E-state index >= 15 is 0 Å². The fourth-order valence-corrected chi connectivity index (χ4v) is 3.76. The van der Waals surface area contributed by atoms with E-state index in [9.17, 15) is 4.79 Å². The number of Topliss-reactive ketones (excluding diaryl/α,β-unsaturated/α-hetero) is 1. The van der Waals surface area contributed by atoms with Gasteiger partial charge in [-0.3, -0.25) is 9.69 Å². The number of carbonyl (C=O) groups is 1. The highest BCUT2D eigenvalue weighted by Crippen LogP contribution is 2.44. The Bertz CT molecular complexity index is 1010. The number of carbonyl (C=O) groups excluding carboxylic acids is 1. The van der Waals surface area contributed by atoms with Gasteiger partial charge in [0.15, 0.2) is 17.3 Å². The SMILES string of the molecule is COc1cccc(C=C2Oc3c(cc4c(c3C)OCN(C(C)C)C4)C2=O)c1OC. The molecule has 0 aromatic heterocycles. The summed E-state index contributed by atoms with van der Waals surface area (Å²) < 4.78 is 22.8. The number of ketones is 1. The molecule has 0 saturated heterocycles. The molecule has 2 aliphatic rings. The van der Waals surface area contributed by atoms with Gasteiger partial charge in [-0.25, -0.2) is 0 Å². The molecule has 29 heavy (non-hydrogen) atoms. The van der Waals surface area contributed by atoms with E-state index < -0.39 is 0 Å². The molecule has 2 aromatic rings. The van der Waals surface area contributed by atoms with Gasteiger partial charge in [-0.1, -0.05) is 12.1 Å². The molecule has 6 nitrogen and oxygen atoms in total. The predicted octanol–water partition coefficient (Wildman–Crippen LogP) is 4.19. The third-order valence-electron chi connectivity index (χ3n) is 5.41. The van der Waals surface area contributed by atoms with Crippen molar-refractivity contribution in [3.05, 3.63) is 52.3 Å². The number of hydrogen-bond donors (Lipinski definition) is 0. The number of fused-ring (bicyclic) bond motifs is 2. The van der Waals surface area contributed by atoms with Gasteiger partial charge in [0.1, 0.15) is 18.2 Å². The number of para-hydroxylation sites is 1. The lowest BCUT2D eigenvalue weighted by Gasteiger charge is -2.32. The number of benzene rings is 2. The van der Waals surface area contributed by atoms with Crippen molar-refractivity contribution >= 4 is 11.9 Å². The van der Waals surface area contributed by atoms with Crippen LogP contribution in [0.25, 0.3) is 6.08 Å². The van der Waals surface area contributed by atoms with E-state index in [4.69, 9.17) is 18.9 Å². The van der Waals surface area contributed by atoms with Gasteiger partial charge in [-0.05, 0) is 39.0 Å². The van der Waals surface area contributed by atoms with Crippen LogP contribution < -0.4 is 18.9 Å². The largest absolute Gasteiger partial charge is 0.493 e. The minimum Gasteiger partial charge on any atom is -0.493 e. The van der Waals surface area contributed by atoms with Gasteiger partial charge >= 0.3 is 0 Å². The second kappa shape index (κ2) is 7.44. The molecule has 6 heteroatoms. The highest BCUT2D eigenvalue weighted by atomic mass is 16.5. The molecular formula is C23H25NO5. The number of nitrogens with zero attached hydrogens (tertiary/aromatic N) is 1. The summed E-state index contributed by atoms with van der Waals surface area (Å²) in [7, 11) is 3.15. The average Bonchev–Trinajstić information content (AvgIpc) is 3.03. The van der Waals surface area contributed by atoms with Crippen LogP contribution in [0.4, 0.5) is 0 Å². The molecule has 0 atom stereocenters. The van der Waals surface area contributed by atoms with Crippen molar-refractivity contribution in [1.29, 1.82) is 0 Å². The number of rotatable bonds is 4. The first-order chi connectivity index (χ1) is 13.9. The number of allylic oxidation sites excluding steroid dienone is 1. The van der Waals surface area contributed by atoms with Gasteiger partial charge in [-0.15, -0.1) is 0 Å². The molecule has 0 radical (unpaired) electrons. The summed E-state index contributed by atoms with van der Waals surface area (Å²) in [4.78, 5) is 15.3. The molecule has 2 heterocycles. The molecule has 4 rings (SSSR count). The first-order valence-electron chi connectivity index (χ1n) is 9.63. The maximum absolute atomic E-state index is 13.1. The van der Waals surface area contributed by atoms with Crippen LogP contribution in [0.3, 0.4) is 0 Å². The molecule has 0 N–H and O–H groups in total. The Hall–Kier alpha value is -2.99. The summed E-state index contributed by atoms with van der Waals surface area (Å²) in [5.41, 5.74) is 3.16. The Morgan fingerprint density at radius 2 is 1.97 bits per heavy atom. The second-order valence-corrected chi connectivity index (χ2v) is 7.50. The van der Waals surface area contributed by atoms with Crippen LogP contribution in [0.2, 0.25) is 0 Å². The summed E-state index contributed by atoms with van der Waals surface area (Å²) >= 11 is 0. The van der Waals surface area contributed by atoms with Crippen molar-refractivity contribution in [2.45, 2.75) is 33.4 Å². The van der Waals surface area contributed by atoms with Gasteiger partial charge < -0.3 is 18.9 Å². The summed E-state index contributed by atoms with van der Waals surface area (Å²) in [6.45, 7) is 7.47. The lowest BCUT2D eigenvalue weighted by molar-refractivity contribution is 0.0678. The Morgan fingerprint density at radius 1 is 1.17 bits per heavy atom. The van der Waals surface area contributed by atoms with Gasteiger partial charge in [0.05, 0.1) is 19.8 Å². The predicted molar refractivity (Wildman–Crippen MR) is 110 cm³/mol. The highest BCUT2D eigenvalue weighted by molar-refractivity contribution is 6.15. The zero-order valence-corrected chi connectivity index (χ0v) is 17.4. The minimum absolute atomic E-state index is 0.141. The molecule has 0 aliphatic carbocycles. The first kappa shape index (κ1) is 19.3. The quantitative estimate of drug-likeness (QED) is 0.724. The Morgan fingerprint density at radius 3 is 2.66 bits per heavy atom. The monoisotopic (exact) mass is 395 g/mol. The number of methoxy groups -OCH3 is 2. The fourth-order valence-electron chi connectivity index (χ4n) is 3.76. The van der Waals surface area contributed by atoms with Crippen molar-refractivity contribution in [3.8, 4) is 23.0 Å². The molecule has 0 unspecified atom stereocenters. The maximum atomic E-state index is 13.1. The molecular weight excluding hydrogens is 370 g/mol. The maximum Gasteiger partial charge on any atom is 0.231 e. The highest BCUT2D eigenvalue weighted by Gasteiger charge is 2.34. The summed E-state index contributed by atoms with van der Waals surface area (Å²) in [5, 5.41) is 0. The lowest BCUT2D eigenvalue weighted by Crippen LogP contribution is -2.37. The molecule has 152 valence electrons. The molecule has 0 saturated carbocycles. The van der Waals surface area contributed by atoms with Crippen molar-refractivity contribution < 1.29 is 23.7 Å². The molecule has 0 bridgehead atoms. The standard InChI is InChI=1S/C23H25NO5/c1-13(2)24-11-16-9-17-20(25)19(29-22(17)14(3)21(16)28-12-24)10-15-7-6-8-18(26-4)23(15)27-5/h6-10,13H,11-12H2,1-5H3. The van der Waals surface area contributed by atoms with Crippen LogP contribution in [0.15, 0.2) is 30.0 Å². The van der Waals surface area contributed by atoms with E-state index in [0.717, 1.165) is 23.4 Å². The van der Waals surface area contributed by atoms with Gasteiger partial charge in [0.25, 0.3) is 0 Å². The third kappa shape index (κ3) is 3.23. The van der Waals surface area contributed by atoms with E-state index in [1.807, 2.05) is 31.2 Å². The van der Waals surface area contributed by atoms with Crippen LogP contribution in [-0.4, -0.2) is 37.7 Å². The van der Waals surface area contributed by atoms with Crippen LogP contribution in [-0.2, 0) is 6.54 Å². The van der Waals surface area contributed by atoms with E-state index in [1.165, 1.54) is 0 Å². The zero-order valence-electron chi connectivity index (χ0n) is 17.4. The Kier molecular flexibility index (Phi) is 4.96. The van der Waals surface area contributed by atoms with Crippen LogP contribution in [0.1, 0.15) is 40.9 Å². The molecule has 2 aliphatic heterocycles. The normalized spacial score (nSPS) is 17.0. The van der Waals surface area contributed by atoms with Crippen LogP contribution in [0.5, 0.6) is 23.0 Å². The summed E-state index contributed by atoms with van der Waals surface area (Å²) in [6, 6.07) is 7.77. The van der Waals surface area contributed by atoms with Crippen molar-refractivity contribution in [2.75, 3.05) is 21.0 Å². The summed E-state index contributed by atoms with van der Waals surface area (Å²) in [6.07, 6.45) is 1.70. The Balaban J connectivity index is 1.73. The fraction of sp³-hybridized carbons (Fsp3) is 0.348. The van der Waals surface area contributed by atoms with E-state index in [0.29, 0.717) is 41.1 Å². The summed E-state index contributed by atoms with van der Waals surface area (Å²) in [5.74, 6) is 2.66. The zero-order chi connectivity index (χ0) is 20.7. The van der Waals surface area contributed by atoms with Gasteiger partial charge in [0.2, 0.25) is 5.78 Å². The molecule has 2 aromatic carbocycles. The van der Waals surface area contributed by atoms with Crippen molar-refractivity contribution in [3.63, 3.8) is 0 Å². The number of hydrogen-bond acceptors (Lipinski definition) is 6. The molecule has 0 fully saturated rings. The third-order valence-corrected chi connectivity index (χ3v) is 5.41. The molecule has 0 amide bonds. The first-order valence-corrected chi connectivity index (χ1v) is 9.63.